The molecule has 0 heterocycles. The van der Waals surface area contributed by atoms with E-state index in [9.17, 15) is 4.79 Å². The first-order valence-electron chi connectivity index (χ1n) is 8.99. The molecule has 0 aromatic heterocycles. The van der Waals surface area contributed by atoms with Crippen LogP contribution in [0.15, 0.2) is 83.8 Å². The van der Waals surface area contributed by atoms with Crippen LogP contribution in [0.25, 0.3) is 0 Å². The van der Waals surface area contributed by atoms with Gasteiger partial charge in [-0.25, -0.2) is 0 Å². The number of anilines is 1. The molecule has 1 amide bonds. The van der Waals surface area contributed by atoms with Gasteiger partial charge in [0.15, 0.2) is 0 Å². The molecule has 0 spiro atoms. The van der Waals surface area contributed by atoms with Crippen molar-refractivity contribution in [1.82, 2.24) is 0 Å². The van der Waals surface area contributed by atoms with Crippen molar-refractivity contribution < 1.29 is 4.79 Å². The molecule has 3 aromatic carbocycles. The van der Waals surface area contributed by atoms with Gasteiger partial charge in [0.2, 0.25) is 5.91 Å². The first kappa shape index (κ1) is 22.0. The summed E-state index contributed by atoms with van der Waals surface area (Å²) in [5.41, 5.74) is 10.3. The van der Waals surface area contributed by atoms with E-state index in [0.717, 1.165) is 22.6 Å². The second-order valence-corrected chi connectivity index (χ2v) is 7.56. The van der Waals surface area contributed by atoms with Gasteiger partial charge in [0, 0.05) is 16.3 Å². The molecule has 0 bridgehead atoms. The molecule has 3 nitrogen and oxygen atoms in total. The minimum atomic E-state index is -0.570. The van der Waals surface area contributed by atoms with E-state index >= 15 is 0 Å². The average Bonchev–Trinajstić information content (AvgIpc) is 2.69. The Morgan fingerprint density at radius 2 is 1.57 bits per heavy atom. The van der Waals surface area contributed by atoms with Gasteiger partial charge < -0.3 is 11.1 Å². The summed E-state index contributed by atoms with van der Waals surface area (Å²) in [6.45, 7) is 2.06. The Kier molecular flexibility index (Phi) is 8.58. The summed E-state index contributed by atoms with van der Waals surface area (Å²) >= 11 is 1.80. The van der Waals surface area contributed by atoms with Crippen LogP contribution in [0.1, 0.15) is 16.7 Å². The van der Waals surface area contributed by atoms with Crippen molar-refractivity contribution in [3.05, 3.63) is 95.6 Å². The Labute approximate surface area is 177 Å². The van der Waals surface area contributed by atoms with Gasteiger partial charge in [-0.15, -0.1) is 24.2 Å². The maximum Gasteiger partial charge on any atom is 0.241 e. The zero-order valence-corrected chi connectivity index (χ0v) is 17.4. The highest BCUT2D eigenvalue weighted by molar-refractivity contribution is 7.98. The number of hydrogen-bond acceptors (Lipinski definition) is 3. The van der Waals surface area contributed by atoms with E-state index in [-0.39, 0.29) is 18.3 Å². The third-order valence-corrected chi connectivity index (χ3v) is 5.56. The number of halogens is 1. The number of amides is 1. The summed E-state index contributed by atoms with van der Waals surface area (Å²) in [6.07, 6.45) is 0.524. The smallest absolute Gasteiger partial charge is 0.241 e. The molecule has 5 heteroatoms. The van der Waals surface area contributed by atoms with Crippen molar-refractivity contribution >= 4 is 35.8 Å². The van der Waals surface area contributed by atoms with E-state index in [1.165, 1.54) is 10.5 Å². The summed E-state index contributed by atoms with van der Waals surface area (Å²) in [6, 6.07) is 25.6. The van der Waals surface area contributed by atoms with Gasteiger partial charge in [-0.05, 0) is 48.2 Å². The average molecular weight is 413 g/mol. The van der Waals surface area contributed by atoms with E-state index in [4.69, 9.17) is 5.73 Å². The number of nitrogens with two attached hydrogens (primary N) is 1. The second-order valence-electron chi connectivity index (χ2n) is 6.54. The Morgan fingerprint density at radius 1 is 0.964 bits per heavy atom. The molecule has 3 aromatic rings. The first-order valence-corrected chi connectivity index (χ1v) is 9.98. The highest BCUT2D eigenvalue weighted by atomic mass is 35.5. The first-order chi connectivity index (χ1) is 13.1. The Balaban J connectivity index is 0.00000280. The minimum Gasteiger partial charge on any atom is -0.325 e. The maximum absolute atomic E-state index is 12.4. The van der Waals surface area contributed by atoms with Crippen molar-refractivity contribution in [2.45, 2.75) is 30.0 Å². The molecule has 0 saturated carbocycles. The number of aryl methyl sites for hydroxylation is 1. The highest BCUT2D eigenvalue weighted by Crippen LogP contribution is 2.28. The molecule has 146 valence electrons. The van der Waals surface area contributed by atoms with Crippen molar-refractivity contribution in [3.8, 4) is 0 Å². The quantitative estimate of drug-likeness (QED) is 0.523. The normalized spacial score (nSPS) is 11.4. The van der Waals surface area contributed by atoms with E-state index in [1.54, 1.807) is 11.8 Å². The van der Waals surface area contributed by atoms with Crippen LogP contribution in [0.4, 0.5) is 5.69 Å². The van der Waals surface area contributed by atoms with E-state index in [0.29, 0.717) is 6.42 Å². The standard InChI is InChI=1S/C23H24N2OS.ClH/c1-17-14-20(12-13-22(17)27-16-19-10-6-3-7-11-19)25-23(26)21(24)15-18-8-4-2-5-9-18;/h2-14,21H,15-16,24H2,1H3,(H,25,26);1H. The number of thioether (sulfide) groups is 1. The van der Waals surface area contributed by atoms with Gasteiger partial charge in [0.1, 0.15) is 0 Å². The Hall–Kier alpha value is -2.27. The van der Waals surface area contributed by atoms with Crippen molar-refractivity contribution in [2.75, 3.05) is 5.32 Å². The molecule has 0 fully saturated rings. The molecule has 1 unspecified atom stereocenters. The van der Waals surface area contributed by atoms with E-state index in [2.05, 4.69) is 42.6 Å². The molecule has 0 aliphatic heterocycles. The molecule has 28 heavy (non-hydrogen) atoms. The largest absolute Gasteiger partial charge is 0.325 e. The summed E-state index contributed by atoms with van der Waals surface area (Å²) in [5, 5.41) is 2.93. The third kappa shape index (κ3) is 6.41. The van der Waals surface area contributed by atoms with Crippen LogP contribution in [0, 0.1) is 6.92 Å². The number of carbonyl (C=O) groups is 1. The SMILES string of the molecule is Cc1cc(NC(=O)C(N)Cc2ccccc2)ccc1SCc1ccccc1.Cl. The number of nitrogens with one attached hydrogen (secondary N) is 1. The highest BCUT2D eigenvalue weighted by Gasteiger charge is 2.14. The van der Waals surface area contributed by atoms with Gasteiger partial charge in [-0.1, -0.05) is 60.7 Å². The molecular weight excluding hydrogens is 388 g/mol. The predicted molar refractivity (Wildman–Crippen MR) is 121 cm³/mol. The lowest BCUT2D eigenvalue weighted by molar-refractivity contribution is -0.117. The predicted octanol–water partition coefficient (Wildman–Crippen LogP) is 5.22. The zero-order valence-electron chi connectivity index (χ0n) is 15.8. The lowest BCUT2D eigenvalue weighted by atomic mass is 10.1. The zero-order chi connectivity index (χ0) is 19.1. The van der Waals surface area contributed by atoms with E-state index < -0.39 is 6.04 Å². The fourth-order valence-corrected chi connectivity index (χ4v) is 3.79. The Bertz CT molecular complexity index is 888. The lowest BCUT2D eigenvalue weighted by Crippen LogP contribution is -2.37. The van der Waals surface area contributed by atoms with E-state index in [1.807, 2.05) is 48.5 Å². The molecule has 0 radical (unpaired) electrons. The molecule has 0 saturated heterocycles. The molecule has 3 N–H and O–H groups in total. The van der Waals surface area contributed by atoms with Crippen LogP contribution < -0.4 is 11.1 Å². The monoisotopic (exact) mass is 412 g/mol. The molecule has 0 aliphatic rings. The van der Waals surface area contributed by atoms with Crippen LogP contribution in [-0.2, 0) is 17.0 Å². The van der Waals surface area contributed by atoms with Crippen LogP contribution >= 0.6 is 24.2 Å². The molecule has 1 atom stereocenters. The summed E-state index contributed by atoms with van der Waals surface area (Å²) in [5.74, 6) is 0.762. The number of rotatable bonds is 7. The van der Waals surface area contributed by atoms with Crippen molar-refractivity contribution in [1.29, 1.82) is 0 Å². The summed E-state index contributed by atoms with van der Waals surface area (Å²) in [7, 11) is 0. The summed E-state index contributed by atoms with van der Waals surface area (Å²) in [4.78, 5) is 13.6. The van der Waals surface area contributed by atoms with Gasteiger partial charge in [-0.3, -0.25) is 4.79 Å². The second kappa shape index (κ2) is 10.9. The van der Waals surface area contributed by atoms with Crippen molar-refractivity contribution in [2.24, 2.45) is 5.73 Å². The van der Waals surface area contributed by atoms with Crippen molar-refractivity contribution in [3.63, 3.8) is 0 Å². The van der Waals surface area contributed by atoms with Gasteiger partial charge in [-0.2, -0.15) is 0 Å². The van der Waals surface area contributed by atoms with Gasteiger partial charge >= 0.3 is 0 Å². The summed E-state index contributed by atoms with van der Waals surface area (Å²) < 4.78 is 0. The number of hydrogen-bond donors (Lipinski definition) is 2. The van der Waals surface area contributed by atoms with Gasteiger partial charge in [0.25, 0.3) is 0 Å². The molecule has 3 rings (SSSR count). The fraction of sp³-hybridized carbons (Fsp3) is 0.174. The van der Waals surface area contributed by atoms with Crippen LogP contribution in [0.5, 0.6) is 0 Å². The number of carbonyl (C=O) groups excluding carboxylic acids is 1. The minimum absolute atomic E-state index is 0. The lowest BCUT2D eigenvalue weighted by Gasteiger charge is -2.14. The molecule has 0 aliphatic carbocycles. The van der Waals surface area contributed by atoms with Gasteiger partial charge in [0.05, 0.1) is 6.04 Å². The van der Waals surface area contributed by atoms with Crippen LogP contribution in [0.3, 0.4) is 0 Å². The van der Waals surface area contributed by atoms with Crippen LogP contribution in [-0.4, -0.2) is 11.9 Å². The number of benzene rings is 3. The Morgan fingerprint density at radius 3 is 2.18 bits per heavy atom. The van der Waals surface area contributed by atoms with Crippen LogP contribution in [0.2, 0.25) is 0 Å². The third-order valence-electron chi connectivity index (χ3n) is 4.31. The maximum atomic E-state index is 12.4. The topological polar surface area (TPSA) is 55.1 Å². The fourth-order valence-electron chi connectivity index (χ4n) is 2.82. The molecular formula is C23H25ClN2OS.